The van der Waals surface area contributed by atoms with Gasteiger partial charge < -0.3 is 15.0 Å². The molecule has 9 heteroatoms. The summed E-state index contributed by atoms with van der Waals surface area (Å²) in [7, 11) is -3.09. The highest BCUT2D eigenvalue weighted by atomic mass is 32.2. The van der Waals surface area contributed by atoms with Gasteiger partial charge in [-0.1, -0.05) is 18.2 Å². The van der Waals surface area contributed by atoms with Crippen LogP contribution < -0.4 is 10.1 Å². The van der Waals surface area contributed by atoms with Crippen LogP contribution in [0.25, 0.3) is 0 Å². The summed E-state index contributed by atoms with van der Waals surface area (Å²) in [5.41, 5.74) is 0.562. The van der Waals surface area contributed by atoms with Crippen molar-refractivity contribution in [3.8, 4) is 5.75 Å². The molecular weight excluding hydrogens is 342 g/mol. The molecule has 2 amide bonds. The summed E-state index contributed by atoms with van der Waals surface area (Å²) in [6.45, 7) is -0.835. The van der Waals surface area contributed by atoms with Crippen molar-refractivity contribution >= 4 is 15.9 Å². The molecule has 1 aromatic rings. The van der Waals surface area contributed by atoms with E-state index in [0.717, 1.165) is 0 Å². The SMILES string of the molecule is CC1CS(=O)(=O)CCN1C(=O)NCCc1ccccc1OC(F)F. The second-order valence-corrected chi connectivity index (χ2v) is 7.85. The summed E-state index contributed by atoms with van der Waals surface area (Å²) in [6.07, 6.45) is 0.329. The number of sulfone groups is 1. The summed E-state index contributed by atoms with van der Waals surface area (Å²) in [4.78, 5) is 13.6. The van der Waals surface area contributed by atoms with E-state index in [1.165, 1.54) is 11.0 Å². The second-order valence-electron chi connectivity index (χ2n) is 5.62. The lowest BCUT2D eigenvalue weighted by Crippen LogP contribution is -2.53. The number of carbonyl (C=O) groups excluding carboxylic acids is 1. The van der Waals surface area contributed by atoms with E-state index in [1.807, 2.05) is 0 Å². The molecule has 0 aliphatic carbocycles. The Balaban J connectivity index is 1.87. The van der Waals surface area contributed by atoms with E-state index >= 15 is 0 Å². The predicted molar refractivity (Wildman–Crippen MR) is 85.0 cm³/mol. The monoisotopic (exact) mass is 362 g/mol. The molecule has 1 aromatic carbocycles. The first-order valence-corrected chi connectivity index (χ1v) is 9.38. The minimum atomic E-state index is -3.09. The molecule has 1 unspecified atom stereocenters. The van der Waals surface area contributed by atoms with Crippen LogP contribution in [-0.2, 0) is 16.3 Å². The highest BCUT2D eigenvalue weighted by molar-refractivity contribution is 7.91. The van der Waals surface area contributed by atoms with Gasteiger partial charge in [-0.15, -0.1) is 0 Å². The quantitative estimate of drug-likeness (QED) is 0.864. The maximum Gasteiger partial charge on any atom is 0.387 e. The summed E-state index contributed by atoms with van der Waals surface area (Å²) < 4.78 is 52.2. The molecule has 6 nitrogen and oxygen atoms in total. The molecule has 1 fully saturated rings. The molecular formula is C15H20F2N2O4S. The summed E-state index contributed by atoms with van der Waals surface area (Å²) in [5, 5.41) is 2.69. The lowest BCUT2D eigenvalue weighted by molar-refractivity contribution is -0.0504. The summed E-state index contributed by atoms with van der Waals surface area (Å²) >= 11 is 0. The molecule has 2 rings (SSSR count). The highest BCUT2D eigenvalue weighted by Crippen LogP contribution is 2.20. The smallest absolute Gasteiger partial charge is 0.387 e. The Hall–Kier alpha value is -1.90. The van der Waals surface area contributed by atoms with Crippen molar-refractivity contribution < 1.29 is 26.7 Å². The van der Waals surface area contributed by atoms with Crippen molar-refractivity contribution in [1.82, 2.24) is 10.2 Å². The van der Waals surface area contributed by atoms with E-state index in [2.05, 4.69) is 10.1 Å². The fraction of sp³-hybridized carbons (Fsp3) is 0.533. The van der Waals surface area contributed by atoms with Crippen LogP contribution >= 0.6 is 0 Å². The van der Waals surface area contributed by atoms with Crippen molar-refractivity contribution in [1.29, 1.82) is 0 Å². The van der Waals surface area contributed by atoms with Gasteiger partial charge in [-0.2, -0.15) is 8.78 Å². The minimum absolute atomic E-state index is 0.0458. The van der Waals surface area contributed by atoms with Gasteiger partial charge in [0.25, 0.3) is 0 Å². The molecule has 1 heterocycles. The van der Waals surface area contributed by atoms with Crippen LogP contribution in [0.5, 0.6) is 5.75 Å². The largest absolute Gasteiger partial charge is 0.435 e. The fourth-order valence-electron chi connectivity index (χ4n) is 2.63. The lowest BCUT2D eigenvalue weighted by atomic mass is 10.1. The van der Waals surface area contributed by atoms with Crippen LogP contribution in [0, 0.1) is 0 Å². The number of alkyl halides is 2. The van der Waals surface area contributed by atoms with Gasteiger partial charge in [-0.3, -0.25) is 0 Å². The van der Waals surface area contributed by atoms with Gasteiger partial charge in [-0.05, 0) is 25.0 Å². The van der Waals surface area contributed by atoms with Gasteiger partial charge in [0.1, 0.15) is 5.75 Å². The summed E-state index contributed by atoms with van der Waals surface area (Å²) in [6, 6.07) is 5.65. The zero-order valence-electron chi connectivity index (χ0n) is 13.2. The first-order chi connectivity index (χ1) is 11.3. The molecule has 0 radical (unpaired) electrons. The van der Waals surface area contributed by atoms with Crippen molar-refractivity contribution in [2.45, 2.75) is 26.0 Å². The molecule has 1 aliphatic heterocycles. The Labute approximate surface area is 139 Å². The molecule has 1 N–H and O–H groups in total. The number of para-hydroxylation sites is 1. The maximum atomic E-state index is 12.4. The lowest BCUT2D eigenvalue weighted by Gasteiger charge is -2.33. The van der Waals surface area contributed by atoms with E-state index < -0.39 is 22.5 Å². The molecule has 24 heavy (non-hydrogen) atoms. The maximum absolute atomic E-state index is 12.4. The van der Waals surface area contributed by atoms with Gasteiger partial charge >= 0.3 is 12.6 Å². The number of amides is 2. The highest BCUT2D eigenvalue weighted by Gasteiger charge is 2.30. The van der Waals surface area contributed by atoms with Crippen molar-refractivity contribution in [3.05, 3.63) is 29.8 Å². The van der Waals surface area contributed by atoms with Gasteiger partial charge in [0.05, 0.1) is 11.5 Å². The Morgan fingerprint density at radius 3 is 2.79 bits per heavy atom. The standard InChI is InChI=1S/C15H20F2N2O4S/c1-11-10-24(21,22)9-8-19(11)15(20)18-7-6-12-4-2-3-5-13(12)23-14(16)17/h2-5,11,14H,6-10H2,1H3,(H,18,20). The van der Waals surface area contributed by atoms with Crippen LogP contribution in [0.15, 0.2) is 24.3 Å². The van der Waals surface area contributed by atoms with Gasteiger partial charge in [0, 0.05) is 19.1 Å². The predicted octanol–water partition coefficient (Wildman–Crippen LogP) is 1.66. The molecule has 0 saturated carbocycles. The molecule has 1 aliphatic rings. The van der Waals surface area contributed by atoms with Crippen molar-refractivity contribution in [2.75, 3.05) is 24.6 Å². The van der Waals surface area contributed by atoms with Crippen LogP contribution in [0.2, 0.25) is 0 Å². The number of hydrogen-bond acceptors (Lipinski definition) is 4. The van der Waals surface area contributed by atoms with Crippen LogP contribution in [0.4, 0.5) is 13.6 Å². The van der Waals surface area contributed by atoms with Gasteiger partial charge in [-0.25, -0.2) is 13.2 Å². The molecule has 0 aromatic heterocycles. The molecule has 1 atom stereocenters. The molecule has 0 bridgehead atoms. The molecule has 0 spiro atoms. The minimum Gasteiger partial charge on any atom is -0.435 e. The topological polar surface area (TPSA) is 75.7 Å². The Morgan fingerprint density at radius 2 is 2.12 bits per heavy atom. The first kappa shape index (κ1) is 18.4. The zero-order valence-corrected chi connectivity index (χ0v) is 14.1. The van der Waals surface area contributed by atoms with E-state index in [1.54, 1.807) is 25.1 Å². The van der Waals surface area contributed by atoms with E-state index in [0.29, 0.717) is 12.0 Å². The Kier molecular flexibility index (Phi) is 5.98. The zero-order chi connectivity index (χ0) is 17.7. The van der Waals surface area contributed by atoms with Crippen LogP contribution in [-0.4, -0.2) is 56.6 Å². The van der Waals surface area contributed by atoms with E-state index in [9.17, 15) is 22.0 Å². The molecule has 1 saturated heterocycles. The third kappa shape index (κ3) is 5.05. The number of urea groups is 1. The third-order valence-electron chi connectivity index (χ3n) is 3.79. The number of halogens is 2. The number of benzene rings is 1. The number of nitrogens with zero attached hydrogens (tertiary/aromatic N) is 1. The fourth-order valence-corrected chi connectivity index (χ4v) is 4.18. The number of nitrogens with one attached hydrogen (secondary N) is 1. The van der Waals surface area contributed by atoms with Gasteiger partial charge in [0.2, 0.25) is 0 Å². The van der Waals surface area contributed by atoms with Crippen molar-refractivity contribution in [2.24, 2.45) is 0 Å². The first-order valence-electron chi connectivity index (χ1n) is 7.56. The van der Waals surface area contributed by atoms with Crippen LogP contribution in [0.1, 0.15) is 12.5 Å². The molecule has 134 valence electrons. The Morgan fingerprint density at radius 1 is 1.42 bits per heavy atom. The van der Waals surface area contributed by atoms with Gasteiger partial charge in [0.15, 0.2) is 9.84 Å². The Bertz CT molecular complexity index is 682. The number of rotatable bonds is 5. The number of ether oxygens (including phenoxy) is 1. The van der Waals surface area contributed by atoms with Crippen molar-refractivity contribution in [3.63, 3.8) is 0 Å². The second kappa shape index (κ2) is 7.78. The average Bonchev–Trinajstić information content (AvgIpc) is 2.47. The average molecular weight is 362 g/mol. The number of carbonyl (C=O) groups is 1. The normalized spacial score (nSPS) is 20.0. The van der Waals surface area contributed by atoms with Crippen LogP contribution in [0.3, 0.4) is 0 Å². The summed E-state index contributed by atoms with van der Waals surface area (Å²) in [5.74, 6) is -0.0134. The third-order valence-corrected chi connectivity index (χ3v) is 5.59. The number of hydrogen-bond donors (Lipinski definition) is 1. The van der Waals surface area contributed by atoms with E-state index in [-0.39, 0.29) is 36.4 Å². The van der Waals surface area contributed by atoms with E-state index in [4.69, 9.17) is 0 Å².